The minimum absolute atomic E-state index is 0.0213. The largest absolute Gasteiger partial charge is 0.350 e. The summed E-state index contributed by atoms with van der Waals surface area (Å²) in [6.07, 6.45) is 5.60. The maximum Gasteiger partial charge on any atom is 0.293 e. The number of anilines is 1. The van der Waals surface area contributed by atoms with Crippen LogP contribution in [0.15, 0.2) is 46.8 Å². The second-order valence-corrected chi connectivity index (χ2v) is 7.50. The Hall–Kier alpha value is -2.18. The van der Waals surface area contributed by atoms with Crippen LogP contribution in [-0.4, -0.2) is 28.7 Å². The average molecular weight is 354 g/mol. The molecular weight excluding hydrogens is 332 g/mol. The fraction of sp³-hybridized carbons (Fsp3) is 0.368. The van der Waals surface area contributed by atoms with Crippen LogP contribution in [0.25, 0.3) is 10.1 Å². The molecule has 1 aliphatic heterocycles. The molecule has 5 nitrogen and oxygen atoms in total. The summed E-state index contributed by atoms with van der Waals surface area (Å²) in [6, 6.07) is 8.91. The Morgan fingerprint density at radius 2 is 2.24 bits per heavy atom. The van der Waals surface area contributed by atoms with Gasteiger partial charge >= 0.3 is 0 Å². The van der Waals surface area contributed by atoms with Crippen molar-refractivity contribution in [3.8, 4) is 0 Å². The van der Waals surface area contributed by atoms with Gasteiger partial charge in [0.25, 0.3) is 5.56 Å². The van der Waals surface area contributed by atoms with Crippen molar-refractivity contribution >= 4 is 27.2 Å². The van der Waals surface area contributed by atoms with E-state index in [1.165, 1.54) is 15.6 Å². The Labute approximate surface area is 150 Å². The van der Waals surface area contributed by atoms with Crippen LogP contribution < -0.4 is 15.8 Å². The first-order valence-electron chi connectivity index (χ1n) is 8.67. The monoisotopic (exact) mass is 354 g/mol. The fourth-order valence-electron chi connectivity index (χ4n) is 3.46. The van der Waals surface area contributed by atoms with Crippen LogP contribution in [0.3, 0.4) is 0 Å². The van der Waals surface area contributed by atoms with E-state index in [-0.39, 0.29) is 5.56 Å². The number of piperidine rings is 1. The van der Waals surface area contributed by atoms with E-state index in [9.17, 15) is 4.79 Å². The van der Waals surface area contributed by atoms with Crippen molar-refractivity contribution in [2.75, 3.05) is 18.0 Å². The normalized spacial score (nSPS) is 18.0. The van der Waals surface area contributed by atoms with Crippen molar-refractivity contribution < 1.29 is 0 Å². The molecule has 1 fully saturated rings. The molecule has 25 heavy (non-hydrogen) atoms. The van der Waals surface area contributed by atoms with Crippen molar-refractivity contribution in [1.29, 1.82) is 0 Å². The summed E-state index contributed by atoms with van der Waals surface area (Å²) in [4.78, 5) is 18.7. The van der Waals surface area contributed by atoms with Gasteiger partial charge in [-0.1, -0.05) is 18.2 Å². The van der Waals surface area contributed by atoms with E-state index in [4.69, 9.17) is 0 Å². The Kier molecular flexibility index (Phi) is 4.55. The maximum atomic E-state index is 12.3. The molecule has 0 saturated carbocycles. The quantitative estimate of drug-likeness (QED) is 0.783. The number of hydrogen-bond donors (Lipinski definition) is 1. The van der Waals surface area contributed by atoms with E-state index in [1.807, 2.05) is 0 Å². The molecule has 2 aromatic heterocycles. The van der Waals surface area contributed by atoms with Gasteiger partial charge in [-0.15, -0.1) is 11.3 Å². The van der Waals surface area contributed by atoms with Gasteiger partial charge in [0.05, 0.1) is 0 Å². The number of hydrogen-bond acceptors (Lipinski definition) is 5. The summed E-state index contributed by atoms with van der Waals surface area (Å²) >= 11 is 1.80. The third-order valence-electron chi connectivity index (χ3n) is 4.86. The Morgan fingerprint density at radius 1 is 1.36 bits per heavy atom. The van der Waals surface area contributed by atoms with E-state index < -0.39 is 0 Å². The molecule has 1 aromatic carbocycles. The molecule has 3 aromatic rings. The smallest absolute Gasteiger partial charge is 0.293 e. The first kappa shape index (κ1) is 16.3. The molecule has 3 heterocycles. The SMILES string of the molecule is Cn1ccnc(N2CCC[C@@H](NCc3csc4ccccc34)C2)c1=O. The van der Waals surface area contributed by atoms with Crippen LogP contribution in [0.1, 0.15) is 18.4 Å². The van der Waals surface area contributed by atoms with Crippen LogP contribution in [0.5, 0.6) is 0 Å². The average Bonchev–Trinajstić information content (AvgIpc) is 3.06. The molecule has 0 radical (unpaired) electrons. The first-order chi connectivity index (χ1) is 12.2. The number of aromatic nitrogens is 2. The predicted octanol–water partition coefficient (Wildman–Crippen LogP) is 2.75. The van der Waals surface area contributed by atoms with Gasteiger partial charge in [-0.2, -0.15) is 0 Å². The van der Waals surface area contributed by atoms with Crippen molar-refractivity contribution in [1.82, 2.24) is 14.9 Å². The summed E-state index contributed by atoms with van der Waals surface area (Å²) in [6.45, 7) is 2.59. The molecule has 1 saturated heterocycles. The highest BCUT2D eigenvalue weighted by molar-refractivity contribution is 7.17. The predicted molar refractivity (Wildman–Crippen MR) is 103 cm³/mol. The Bertz CT molecular complexity index is 932. The van der Waals surface area contributed by atoms with Crippen molar-refractivity contribution in [2.45, 2.75) is 25.4 Å². The van der Waals surface area contributed by atoms with E-state index >= 15 is 0 Å². The van der Waals surface area contributed by atoms with E-state index in [0.717, 1.165) is 32.5 Å². The van der Waals surface area contributed by atoms with Crippen LogP contribution >= 0.6 is 11.3 Å². The van der Waals surface area contributed by atoms with Crippen LogP contribution in [0.4, 0.5) is 5.82 Å². The first-order valence-corrected chi connectivity index (χ1v) is 9.55. The van der Waals surface area contributed by atoms with Crippen LogP contribution in [0, 0.1) is 0 Å². The minimum atomic E-state index is -0.0213. The lowest BCUT2D eigenvalue weighted by Crippen LogP contribution is -2.47. The van der Waals surface area contributed by atoms with Gasteiger partial charge in [-0.05, 0) is 35.2 Å². The van der Waals surface area contributed by atoms with Gasteiger partial charge < -0.3 is 14.8 Å². The number of benzene rings is 1. The van der Waals surface area contributed by atoms with Gasteiger partial charge in [-0.25, -0.2) is 4.98 Å². The summed E-state index contributed by atoms with van der Waals surface area (Å²) in [7, 11) is 1.77. The lowest BCUT2D eigenvalue weighted by atomic mass is 10.1. The van der Waals surface area contributed by atoms with E-state index in [2.05, 4.69) is 44.8 Å². The topological polar surface area (TPSA) is 50.2 Å². The van der Waals surface area contributed by atoms with E-state index in [1.54, 1.807) is 35.3 Å². The van der Waals surface area contributed by atoms with Crippen LogP contribution in [-0.2, 0) is 13.6 Å². The summed E-state index contributed by atoms with van der Waals surface area (Å²) < 4.78 is 2.93. The molecule has 0 unspecified atom stereocenters. The molecule has 0 bridgehead atoms. The Balaban J connectivity index is 1.45. The van der Waals surface area contributed by atoms with E-state index in [0.29, 0.717) is 11.9 Å². The highest BCUT2D eigenvalue weighted by Crippen LogP contribution is 2.25. The molecule has 1 N–H and O–H groups in total. The molecule has 0 amide bonds. The van der Waals surface area contributed by atoms with Gasteiger partial charge in [0.1, 0.15) is 0 Å². The standard InChI is InChI=1S/C19H22N4OS/c1-22-10-8-20-18(19(22)24)23-9-4-5-15(12-23)21-11-14-13-25-17-7-3-2-6-16(14)17/h2-3,6-8,10,13,15,21H,4-5,9,11-12H2,1H3/t15-/m1/s1. The van der Waals surface area contributed by atoms with Crippen molar-refractivity contribution in [3.63, 3.8) is 0 Å². The molecule has 0 aliphatic carbocycles. The highest BCUT2D eigenvalue weighted by Gasteiger charge is 2.22. The third-order valence-corrected chi connectivity index (χ3v) is 5.87. The molecule has 130 valence electrons. The number of thiophene rings is 1. The lowest BCUT2D eigenvalue weighted by molar-refractivity contribution is 0.419. The number of nitrogens with one attached hydrogen (secondary N) is 1. The maximum absolute atomic E-state index is 12.3. The van der Waals surface area contributed by atoms with Gasteiger partial charge in [0.15, 0.2) is 5.82 Å². The number of nitrogens with zero attached hydrogens (tertiary/aromatic N) is 3. The molecule has 1 atom stereocenters. The summed E-state index contributed by atoms with van der Waals surface area (Å²) in [5.41, 5.74) is 1.33. The van der Waals surface area contributed by atoms with Gasteiger partial charge in [-0.3, -0.25) is 4.79 Å². The Morgan fingerprint density at radius 3 is 3.16 bits per heavy atom. The molecule has 6 heteroatoms. The molecule has 0 spiro atoms. The fourth-order valence-corrected chi connectivity index (χ4v) is 4.42. The second-order valence-electron chi connectivity index (χ2n) is 6.59. The van der Waals surface area contributed by atoms with Gasteiger partial charge in [0.2, 0.25) is 0 Å². The van der Waals surface area contributed by atoms with Crippen molar-refractivity contribution in [3.05, 3.63) is 58.0 Å². The molecular formula is C19H22N4OS. The van der Waals surface area contributed by atoms with Crippen molar-refractivity contribution in [2.24, 2.45) is 7.05 Å². The van der Waals surface area contributed by atoms with Crippen LogP contribution in [0.2, 0.25) is 0 Å². The zero-order chi connectivity index (χ0) is 17.2. The zero-order valence-corrected chi connectivity index (χ0v) is 15.1. The molecule has 1 aliphatic rings. The second kappa shape index (κ2) is 6.98. The molecule has 4 rings (SSSR count). The van der Waals surface area contributed by atoms with Gasteiger partial charge in [0, 0.05) is 49.8 Å². The number of fused-ring (bicyclic) bond motifs is 1. The number of rotatable bonds is 4. The third kappa shape index (κ3) is 3.32. The zero-order valence-electron chi connectivity index (χ0n) is 14.3. The minimum Gasteiger partial charge on any atom is -0.350 e. The highest BCUT2D eigenvalue weighted by atomic mass is 32.1. The number of aryl methyl sites for hydroxylation is 1. The summed E-state index contributed by atoms with van der Waals surface area (Å²) in [5.74, 6) is 0.567. The summed E-state index contributed by atoms with van der Waals surface area (Å²) in [5, 5.41) is 7.26. The lowest BCUT2D eigenvalue weighted by Gasteiger charge is -2.33.